The van der Waals surface area contributed by atoms with E-state index < -0.39 is 37.3 Å². The van der Waals surface area contributed by atoms with Crippen LogP contribution in [0.4, 0.5) is 4.39 Å². The van der Waals surface area contributed by atoms with Gasteiger partial charge in [0.25, 0.3) is 20.0 Å². The maximum atomic E-state index is 15.4. The molecule has 5 aromatic carbocycles. The van der Waals surface area contributed by atoms with Crippen LogP contribution >= 0.6 is 0 Å². The maximum Gasteiger partial charge on any atom is 0.268 e. The molecule has 7 aromatic rings. The molecule has 0 amide bonds. The minimum atomic E-state index is -4.52. The summed E-state index contributed by atoms with van der Waals surface area (Å²) in [4.78, 5) is 14.3. The van der Waals surface area contributed by atoms with E-state index in [0.29, 0.717) is 15.1 Å². The first-order chi connectivity index (χ1) is 22.7. The van der Waals surface area contributed by atoms with E-state index in [0.717, 1.165) is 15.6 Å². The van der Waals surface area contributed by atoms with Crippen molar-refractivity contribution in [1.29, 1.82) is 0 Å². The van der Waals surface area contributed by atoms with E-state index in [1.807, 2.05) is 30.3 Å². The number of para-hydroxylation sites is 1. The van der Waals surface area contributed by atoms with Crippen molar-refractivity contribution in [2.24, 2.45) is 0 Å². The lowest BCUT2D eigenvalue weighted by molar-refractivity contribution is 0.102. The van der Waals surface area contributed by atoms with Gasteiger partial charge < -0.3 is 4.74 Å². The number of aromatic nitrogens is 2. The van der Waals surface area contributed by atoms with Crippen LogP contribution in [0.2, 0.25) is 0 Å². The van der Waals surface area contributed by atoms with E-state index in [1.54, 1.807) is 36.4 Å². The van der Waals surface area contributed by atoms with Crippen LogP contribution in [0.1, 0.15) is 21.7 Å². The number of ketones is 1. The number of carbonyl (C=O) groups is 1. The highest BCUT2D eigenvalue weighted by Gasteiger charge is 2.33. The first-order valence-electron chi connectivity index (χ1n) is 14.4. The van der Waals surface area contributed by atoms with Gasteiger partial charge in [-0.1, -0.05) is 78.9 Å². The van der Waals surface area contributed by atoms with E-state index in [4.69, 9.17) is 4.74 Å². The Labute approximate surface area is 270 Å². The van der Waals surface area contributed by atoms with Crippen molar-refractivity contribution in [3.05, 3.63) is 162 Å². The maximum absolute atomic E-state index is 15.4. The molecule has 0 fully saturated rings. The summed E-state index contributed by atoms with van der Waals surface area (Å²) in [7, 11) is -8.91. The quantitative estimate of drug-likeness (QED) is 0.154. The van der Waals surface area contributed by atoms with Crippen LogP contribution in [-0.2, 0) is 26.7 Å². The van der Waals surface area contributed by atoms with Crippen LogP contribution in [-0.4, -0.2) is 30.6 Å². The molecule has 0 bridgehead atoms. The van der Waals surface area contributed by atoms with Gasteiger partial charge in [0.1, 0.15) is 35.1 Å². The van der Waals surface area contributed by atoms with Gasteiger partial charge in [0, 0.05) is 10.8 Å². The van der Waals surface area contributed by atoms with E-state index in [1.165, 1.54) is 66.7 Å². The Morgan fingerprint density at radius 2 is 1.15 bits per heavy atom. The van der Waals surface area contributed by atoms with Crippen molar-refractivity contribution in [2.75, 3.05) is 0 Å². The average molecular weight is 665 g/mol. The number of carbonyl (C=O) groups excluding carboxylic acids is 1. The van der Waals surface area contributed by atoms with Crippen LogP contribution in [0.15, 0.2) is 149 Å². The molecule has 7 rings (SSSR count). The number of hydrogen-bond acceptors (Lipinski definition) is 6. The van der Waals surface area contributed by atoms with Crippen LogP contribution in [0, 0.1) is 5.82 Å². The largest absolute Gasteiger partial charge is 0.489 e. The second kappa shape index (κ2) is 11.7. The Bertz CT molecular complexity index is 2510. The minimum Gasteiger partial charge on any atom is -0.489 e. The molecule has 0 spiro atoms. The van der Waals surface area contributed by atoms with Crippen LogP contribution < -0.4 is 4.74 Å². The molecule has 0 N–H and O–H groups in total. The van der Waals surface area contributed by atoms with Gasteiger partial charge in [0.2, 0.25) is 5.78 Å². The number of benzene rings is 5. The molecule has 2 aromatic heterocycles. The summed E-state index contributed by atoms with van der Waals surface area (Å²) in [5.41, 5.74) is -0.000105. The fourth-order valence-electron chi connectivity index (χ4n) is 5.54. The second-order valence-electron chi connectivity index (χ2n) is 10.7. The molecule has 0 saturated heterocycles. The highest BCUT2D eigenvalue weighted by molar-refractivity contribution is 7.90. The summed E-state index contributed by atoms with van der Waals surface area (Å²) in [6.45, 7) is 0.254. The van der Waals surface area contributed by atoms with Gasteiger partial charge in [-0.25, -0.2) is 29.2 Å². The van der Waals surface area contributed by atoms with Gasteiger partial charge in [-0.15, -0.1) is 0 Å². The number of halogens is 1. The predicted molar refractivity (Wildman–Crippen MR) is 176 cm³/mol. The number of rotatable bonds is 9. The Kier molecular flexibility index (Phi) is 7.50. The fourth-order valence-corrected chi connectivity index (χ4v) is 8.61. The summed E-state index contributed by atoms with van der Waals surface area (Å²) in [5.74, 6) is -1.38. The average Bonchev–Trinajstić information content (AvgIpc) is 3.69. The standard InChI is InChI=1S/C36H25FN2O6S2/c37-31-18-10-13-26-22-34(39(35(26)31)47(43,44)30-16-8-3-9-17-30)36(40)33-23-27-21-28(45-24-25-11-4-1-5-12-25)19-20-32(27)38(33)46(41,42)29-14-6-2-7-15-29/h1-23H,24H2. The molecule has 0 aliphatic rings. The van der Waals surface area contributed by atoms with Gasteiger partial charge in [-0.2, -0.15) is 0 Å². The van der Waals surface area contributed by atoms with Crippen molar-refractivity contribution >= 4 is 47.6 Å². The van der Waals surface area contributed by atoms with E-state index in [-0.39, 0.29) is 38.5 Å². The molecule has 234 valence electrons. The third kappa shape index (κ3) is 5.29. The first kappa shape index (κ1) is 30.2. The van der Waals surface area contributed by atoms with E-state index in [9.17, 15) is 21.6 Å². The summed E-state index contributed by atoms with van der Waals surface area (Å²) in [6.07, 6.45) is 0. The molecular formula is C36H25FN2O6S2. The third-order valence-electron chi connectivity index (χ3n) is 7.74. The number of ether oxygens (including phenoxy) is 1. The lowest BCUT2D eigenvalue weighted by Gasteiger charge is -2.14. The number of nitrogens with zero attached hydrogens (tertiary/aromatic N) is 2. The molecule has 0 unspecified atom stereocenters. The number of fused-ring (bicyclic) bond motifs is 2. The molecule has 0 atom stereocenters. The smallest absolute Gasteiger partial charge is 0.268 e. The molecule has 8 nitrogen and oxygen atoms in total. The second-order valence-corrected chi connectivity index (χ2v) is 14.3. The highest BCUT2D eigenvalue weighted by atomic mass is 32.2. The fraction of sp³-hybridized carbons (Fsp3) is 0.0278. The van der Waals surface area contributed by atoms with Gasteiger partial charge in [-0.3, -0.25) is 4.79 Å². The van der Waals surface area contributed by atoms with Gasteiger partial charge in [0.15, 0.2) is 0 Å². The molecule has 0 saturated carbocycles. The van der Waals surface area contributed by atoms with Crippen LogP contribution in [0.3, 0.4) is 0 Å². The van der Waals surface area contributed by atoms with Crippen molar-refractivity contribution in [2.45, 2.75) is 16.4 Å². The summed E-state index contributed by atoms with van der Waals surface area (Å²) in [5, 5.41) is 0.510. The van der Waals surface area contributed by atoms with Gasteiger partial charge in [-0.05, 0) is 66.2 Å². The normalized spacial score (nSPS) is 12.0. The summed E-state index contributed by atoms with van der Waals surface area (Å²) < 4.78 is 79.3. The lowest BCUT2D eigenvalue weighted by Crippen LogP contribution is -2.23. The minimum absolute atomic E-state index is 0.0838. The monoisotopic (exact) mass is 664 g/mol. The Balaban J connectivity index is 1.45. The lowest BCUT2D eigenvalue weighted by atomic mass is 10.2. The predicted octanol–water partition coefficient (Wildman–Crippen LogP) is 7.02. The van der Waals surface area contributed by atoms with Crippen molar-refractivity contribution < 1.29 is 30.8 Å². The molecule has 47 heavy (non-hydrogen) atoms. The zero-order chi connectivity index (χ0) is 32.8. The van der Waals surface area contributed by atoms with Crippen LogP contribution in [0.5, 0.6) is 5.75 Å². The molecule has 0 radical (unpaired) electrons. The van der Waals surface area contributed by atoms with Crippen LogP contribution in [0.25, 0.3) is 21.8 Å². The van der Waals surface area contributed by atoms with Crippen molar-refractivity contribution in [3.63, 3.8) is 0 Å². The zero-order valence-corrected chi connectivity index (χ0v) is 26.2. The Morgan fingerprint density at radius 3 is 1.79 bits per heavy atom. The Hall–Kier alpha value is -5.52. The molecule has 11 heteroatoms. The first-order valence-corrected chi connectivity index (χ1v) is 17.3. The van der Waals surface area contributed by atoms with Gasteiger partial charge >= 0.3 is 0 Å². The molecular weight excluding hydrogens is 640 g/mol. The Morgan fingerprint density at radius 1 is 0.596 bits per heavy atom. The van der Waals surface area contributed by atoms with E-state index >= 15 is 4.39 Å². The topological polar surface area (TPSA) is 104 Å². The summed E-state index contributed by atoms with van der Waals surface area (Å²) in [6, 6.07) is 35.8. The molecule has 2 heterocycles. The van der Waals surface area contributed by atoms with Crippen molar-refractivity contribution in [3.8, 4) is 5.75 Å². The molecule has 0 aliphatic heterocycles. The highest BCUT2D eigenvalue weighted by Crippen LogP contribution is 2.33. The third-order valence-corrected chi connectivity index (χ3v) is 11.2. The SMILES string of the molecule is O=C(c1cc2cc(OCc3ccccc3)ccc2n1S(=O)(=O)c1ccccc1)c1cc2cccc(F)c2n1S(=O)(=O)c1ccccc1. The van der Waals surface area contributed by atoms with Crippen molar-refractivity contribution in [1.82, 2.24) is 7.94 Å². The van der Waals surface area contributed by atoms with Gasteiger partial charge in [0.05, 0.1) is 15.3 Å². The number of hydrogen-bond donors (Lipinski definition) is 0. The summed E-state index contributed by atoms with van der Waals surface area (Å²) >= 11 is 0. The van der Waals surface area contributed by atoms with E-state index in [2.05, 4.69) is 0 Å². The zero-order valence-electron chi connectivity index (χ0n) is 24.5. The molecule has 0 aliphatic carbocycles.